The number of aliphatic hydroxyl groups excluding tert-OH is 2. The van der Waals surface area contributed by atoms with E-state index in [0.29, 0.717) is 12.5 Å². The molecule has 0 aliphatic heterocycles. The molecule has 0 saturated heterocycles. The largest absolute Gasteiger partial charge is 0.466 e. The molecule has 0 atom stereocenters. The first-order valence-corrected chi connectivity index (χ1v) is 4.39. The van der Waals surface area contributed by atoms with Gasteiger partial charge >= 0.3 is 5.97 Å². The molecule has 0 unspecified atom stereocenters. The summed E-state index contributed by atoms with van der Waals surface area (Å²) < 4.78 is 4.71. The SMILES string of the molecule is CC(=O)OCCC(C)C.OCCO. The molecule has 0 heterocycles. The van der Waals surface area contributed by atoms with Crippen LogP contribution >= 0.6 is 0 Å². The fourth-order valence-electron chi connectivity index (χ4n) is 0.438. The lowest BCUT2D eigenvalue weighted by molar-refractivity contribution is -0.141. The zero-order chi connectivity index (χ0) is 10.7. The molecule has 4 heteroatoms. The summed E-state index contributed by atoms with van der Waals surface area (Å²) in [5.41, 5.74) is 0. The summed E-state index contributed by atoms with van der Waals surface area (Å²) in [5, 5.41) is 15.2. The van der Waals surface area contributed by atoms with Crippen molar-refractivity contribution >= 4 is 5.97 Å². The third-order valence-electron chi connectivity index (χ3n) is 1.10. The molecule has 0 fully saturated rings. The number of aliphatic hydroxyl groups is 2. The number of hydrogen-bond acceptors (Lipinski definition) is 4. The van der Waals surface area contributed by atoms with Crippen LogP contribution in [0.3, 0.4) is 0 Å². The summed E-state index contributed by atoms with van der Waals surface area (Å²) in [6.45, 7) is 5.94. The van der Waals surface area contributed by atoms with Crippen molar-refractivity contribution in [2.75, 3.05) is 19.8 Å². The van der Waals surface area contributed by atoms with Crippen molar-refractivity contribution in [3.05, 3.63) is 0 Å². The minimum Gasteiger partial charge on any atom is -0.466 e. The van der Waals surface area contributed by atoms with E-state index in [1.165, 1.54) is 6.92 Å². The Hall–Kier alpha value is -0.610. The predicted molar refractivity (Wildman–Crippen MR) is 50.3 cm³/mol. The van der Waals surface area contributed by atoms with E-state index in [9.17, 15) is 4.79 Å². The fraction of sp³-hybridized carbons (Fsp3) is 0.889. The lowest BCUT2D eigenvalue weighted by Gasteiger charge is -2.02. The molecule has 0 aliphatic carbocycles. The number of esters is 1. The minimum absolute atomic E-state index is 0.125. The zero-order valence-corrected chi connectivity index (χ0v) is 8.62. The first-order valence-electron chi connectivity index (χ1n) is 4.39. The van der Waals surface area contributed by atoms with Crippen LogP contribution in [0.1, 0.15) is 27.2 Å². The van der Waals surface area contributed by atoms with Crippen LogP contribution < -0.4 is 0 Å². The van der Waals surface area contributed by atoms with Crippen molar-refractivity contribution in [3.63, 3.8) is 0 Å². The molecule has 0 amide bonds. The van der Waals surface area contributed by atoms with Gasteiger partial charge in [0.05, 0.1) is 19.8 Å². The summed E-state index contributed by atoms with van der Waals surface area (Å²) >= 11 is 0. The van der Waals surface area contributed by atoms with Gasteiger partial charge in [-0.3, -0.25) is 4.79 Å². The monoisotopic (exact) mass is 192 g/mol. The highest BCUT2D eigenvalue weighted by molar-refractivity contribution is 5.65. The second-order valence-electron chi connectivity index (χ2n) is 2.97. The van der Waals surface area contributed by atoms with E-state index in [-0.39, 0.29) is 19.2 Å². The van der Waals surface area contributed by atoms with Crippen molar-refractivity contribution in [1.29, 1.82) is 0 Å². The maximum absolute atomic E-state index is 10.2. The van der Waals surface area contributed by atoms with Crippen LogP contribution in [0.25, 0.3) is 0 Å². The van der Waals surface area contributed by atoms with Crippen LogP contribution in [0.5, 0.6) is 0 Å². The second kappa shape index (κ2) is 11.4. The van der Waals surface area contributed by atoms with E-state index in [1.54, 1.807) is 0 Å². The van der Waals surface area contributed by atoms with Gasteiger partial charge in [0.2, 0.25) is 0 Å². The van der Waals surface area contributed by atoms with E-state index in [0.717, 1.165) is 6.42 Å². The summed E-state index contributed by atoms with van der Waals surface area (Å²) in [6.07, 6.45) is 0.958. The number of carbonyl (C=O) groups excluding carboxylic acids is 1. The molecule has 0 aromatic rings. The van der Waals surface area contributed by atoms with Gasteiger partial charge in [0, 0.05) is 6.92 Å². The topological polar surface area (TPSA) is 66.8 Å². The molecule has 0 spiro atoms. The minimum atomic E-state index is -0.185. The van der Waals surface area contributed by atoms with Gasteiger partial charge in [-0.15, -0.1) is 0 Å². The van der Waals surface area contributed by atoms with Crippen LogP contribution in [0.2, 0.25) is 0 Å². The molecule has 0 saturated carbocycles. The predicted octanol–water partition coefficient (Wildman–Crippen LogP) is 0.567. The number of hydrogen-bond donors (Lipinski definition) is 2. The second-order valence-corrected chi connectivity index (χ2v) is 2.97. The Kier molecular flexibility index (Phi) is 13.0. The van der Waals surface area contributed by atoms with Crippen molar-refractivity contribution in [1.82, 2.24) is 0 Å². The Labute approximate surface area is 79.5 Å². The molecule has 0 rings (SSSR count). The summed E-state index contributed by atoms with van der Waals surface area (Å²) in [7, 11) is 0. The average molecular weight is 192 g/mol. The molecule has 0 aliphatic rings. The van der Waals surface area contributed by atoms with Crippen molar-refractivity contribution in [3.8, 4) is 0 Å². The highest BCUT2D eigenvalue weighted by Gasteiger charge is 1.94. The first kappa shape index (κ1) is 14.9. The molecular formula is C9H20O4. The number of carbonyl (C=O) groups is 1. The molecule has 0 aromatic heterocycles. The molecule has 2 N–H and O–H groups in total. The molecule has 80 valence electrons. The third-order valence-corrected chi connectivity index (χ3v) is 1.10. The molecule has 0 aromatic carbocycles. The zero-order valence-electron chi connectivity index (χ0n) is 8.62. The van der Waals surface area contributed by atoms with E-state index in [1.807, 2.05) is 0 Å². The van der Waals surface area contributed by atoms with Gasteiger partial charge < -0.3 is 14.9 Å². The van der Waals surface area contributed by atoms with Crippen LogP contribution in [0.4, 0.5) is 0 Å². The van der Waals surface area contributed by atoms with Gasteiger partial charge in [-0.05, 0) is 12.3 Å². The highest BCUT2D eigenvalue weighted by atomic mass is 16.5. The van der Waals surface area contributed by atoms with Crippen LogP contribution in [0, 0.1) is 5.92 Å². The Morgan fingerprint density at radius 3 is 2.00 bits per heavy atom. The average Bonchev–Trinajstić information content (AvgIpc) is 2.03. The van der Waals surface area contributed by atoms with Gasteiger partial charge in [0.1, 0.15) is 0 Å². The quantitative estimate of drug-likeness (QED) is 0.639. The van der Waals surface area contributed by atoms with Crippen molar-refractivity contribution in [2.24, 2.45) is 5.92 Å². The van der Waals surface area contributed by atoms with Crippen LogP contribution in [-0.2, 0) is 9.53 Å². The van der Waals surface area contributed by atoms with Gasteiger partial charge in [-0.2, -0.15) is 0 Å². The summed E-state index contributed by atoms with van der Waals surface area (Å²) in [4.78, 5) is 10.2. The summed E-state index contributed by atoms with van der Waals surface area (Å²) in [6, 6.07) is 0. The Balaban J connectivity index is 0. The van der Waals surface area contributed by atoms with Gasteiger partial charge in [-0.25, -0.2) is 0 Å². The molecular weight excluding hydrogens is 172 g/mol. The fourth-order valence-corrected chi connectivity index (χ4v) is 0.438. The van der Waals surface area contributed by atoms with Crippen LogP contribution in [0.15, 0.2) is 0 Å². The maximum Gasteiger partial charge on any atom is 0.302 e. The maximum atomic E-state index is 10.2. The molecule has 0 radical (unpaired) electrons. The molecule has 0 bridgehead atoms. The van der Waals surface area contributed by atoms with E-state index in [2.05, 4.69) is 13.8 Å². The molecule has 4 nitrogen and oxygen atoms in total. The van der Waals surface area contributed by atoms with E-state index < -0.39 is 0 Å². The standard InChI is InChI=1S/C7H14O2.C2H6O2/c1-6(2)4-5-9-7(3)8;3-1-2-4/h6H,4-5H2,1-3H3;3-4H,1-2H2. The first-order chi connectivity index (χ1) is 6.04. The smallest absolute Gasteiger partial charge is 0.302 e. The van der Waals surface area contributed by atoms with Gasteiger partial charge in [0.25, 0.3) is 0 Å². The van der Waals surface area contributed by atoms with E-state index >= 15 is 0 Å². The molecule has 13 heavy (non-hydrogen) atoms. The lowest BCUT2D eigenvalue weighted by Crippen LogP contribution is -2.02. The Morgan fingerprint density at radius 1 is 1.31 bits per heavy atom. The highest BCUT2D eigenvalue weighted by Crippen LogP contribution is 1.98. The Morgan fingerprint density at radius 2 is 1.77 bits per heavy atom. The van der Waals surface area contributed by atoms with E-state index in [4.69, 9.17) is 14.9 Å². The normalized spacial score (nSPS) is 9.08. The van der Waals surface area contributed by atoms with Gasteiger partial charge in [0.15, 0.2) is 0 Å². The summed E-state index contributed by atoms with van der Waals surface area (Å²) in [5.74, 6) is 0.431. The lowest BCUT2D eigenvalue weighted by atomic mass is 10.1. The Bertz CT molecular complexity index is 110. The van der Waals surface area contributed by atoms with Crippen molar-refractivity contribution < 1.29 is 19.7 Å². The van der Waals surface area contributed by atoms with Gasteiger partial charge in [-0.1, -0.05) is 13.8 Å². The van der Waals surface area contributed by atoms with Crippen LogP contribution in [-0.4, -0.2) is 36.0 Å². The van der Waals surface area contributed by atoms with Crippen molar-refractivity contribution in [2.45, 2.75) is 27.2 Å². The number of ether oxygens (including phenoxy) is 1. The number of rotatable bonds is 4. The third kappa shape index (κ3) is 24.6.